The molecule has 0 aliphatic rings. The van der Waals surface area contributed by atoms with Crippen molar-refractivity contribution in [1.82, 2.24) is 13.7 Å². The summed E-state index contributed by atoms with van der Waals surface area (Å²) in [5, 5.41) is 7.57. The number of hydrogen-bond acceptors (Lipinski definition) is 0. The predicted octanol–water partition coefficient (Wildman–Crippen LogP) is 12.6. The van der Waals surface area contributed by atoms with Gasteiger partial charge in [0, 0.05) is 49.3 Å². The molecule has 11 rings (SSSR count). The van der Waals surface area contributed by atoms with Crippen LogP contribution in [0.3, 0.4) is 0 Å². The van der Waals surface area contributed by atoms with Crippen LogP contribution in [0.1, 0.15) is 0 Å². The van der Waals surface area contributed by atoms with Gasteiger partial charge < -0.3 is 13.7 Å². The Morgan fingerprint density at radius 1 is 0.255 bits per heavy atom. The van der Waals surface area contributed by atoms with Crippen molar-refractivity contribution in [2.24, 2.45) is 0 Å². The number of nitrogens with zero attached hydrogens (tertiary/aromatic N) is 3. The molecule has 0 unspecified atom stereocenters. The summed E-state index contributed by atoms with van der Waals surface area (Å²) < 4.78 is 7.22. The van der Waals surface area contributed by atoms with Crippen molar-refractivity contribution in [3.63, 3.8) is 0 Å². The molecule has 0 aliphatic carbocycles. The Bertz CT molecular complexity index is 3030. The zero-order valence-corrected chi connectivity index (χ0v) is 27.7. The highest BCUT2D eigenvalue weighted by Gasteiger charge is 2.18. The zero-order chi connectivity index (χ0) is 33.5. The lowest BCUT2D eigenvalue weighted by Gasteiger charge is -2.15. The third-order valence-corrected chi connectivity index (χ3v) is 10.7. The van der Waals surface area contributed by atoms with Gasteiger partial charge in [0.05, 0.1) is 38.8 Å². The van der Waals surface area contributed by atoms with Gasteiger partial charge in [-0.3, -0.25) is 0 Å². The molecule has 3 heterocycles. The van der Waals surface area contributed by atoms with Crippen LogP contribution < -0.4 is 0 Å². The van der Waals surface area contributed by atoms with Crippen LogP contribution in [0.5, 0.6) is 0 Å². The molecule has 0 fully saturated rings. The summed E-state index contributed by atoms with van der Waals surface area (Å²) in [6.07, 6.45) is 0. The molecule has 3 nitrogen and oxygen atoms in total. The Labute approximate surface area is 294 Å². The lowest BCUT2D eigenvalue weighted by Crippen LogP contribution is -1.98. The topological polar surface area (TPSA) is 14.8 Å². The Kier molecular flexibility index (Phi) is 5.96. The van der Waals surface area contributed by atoms with Crippen molar-refractivity contribution in [3.8, 4) is 28.2 Å². The quantitative estimate of drug-likeness (QED) is 0.180. The lowest BCUT2D eigenvalue weighted by atomic mass is 10.0. The van der Waals surface area contributed by atoms with E-state index in [4.69, 9.17) is 0 Å². The molecule has 0 aliphatic heterocycles. The van der Waals surface area contributed by atoms with Gasteiger partial charge in [-0.25, -0.2) is 0 Å². The maximum atomic E-state index is 2.41. The summed E-state index contributed by atoms with van der Waals surface area (Å²) in [5.41, 5.74) is 13.1. The van der Waals surface area contributed by atoms with Crippen LogP contribution in [-0.2, 0) is 0 Å². The van der Waals surface area contributed by atoms with Crippen molar-refractivity contribution >= 4 is 65.4 Å². The summed E-state index contributed by atoms with van der Waals surface area (Å²) in [7, 11) is 0. The van der Waals surface area contributed by atoms with Crippen LogP contribution in [0.2, 0.25) is 0 Å². The van der Waals surface area contributed by atoms with Crippen molar-refractivity contribution in [2.45, 2.75) is 0 Å². The SMILES string of the molecule is c1ccc(-n2c3ccccc3c3ccccc32)c(-c2ccc(-n3c4ccccc4c4cc(-n5c6ccccc6c6ccccc65)ccc43)cc2)c1. The van der Waals surface area contributed by atoms with Gasteiger partial charge in [0.2, 0.25) is 0 Å². The van der Waals surface area contributed by atoms with Crippen LogP contribution in [0.4, 0.5) is 0 Å². The van der Waals surface area contributed by atoms with E-state index in [2.05, 4.69) is 202 Å². The van der Waals surface area contributed by atoms with E-state index < -0.39 is 0 Å². The second-order valence-electron chi connectivity index (χ2n) is 13.4. The number of benzene rings is 8. The number of hydrogen-bond donors (Lipinski definition) is 0. The highest BCUT2D eigenvalue weighted by Crippen LogP contribution is 2.39. The van der Waals surface area contributed by atoms with Crippen LogP contribution >= 0.6 is 0 Å². The summed E-state index contributed by atoms with van der Waals surface area (Å²) >= 11 is 0. The largest absolute Gasteiger partial charge is 0.309 e. The van der Waals surface area contributed by atoms with Gasteiger partial charge in [0.15, 0.2) is 0 Å². The number of aromatic nitrogens is 3. The minimum absolute atomic E-state index is 1.14. The smallest absolute Gasteiger partial charge is 0.0542 e. The minimum atomic E-state index is 1.14. The van der Waals surface area contributed by atoms with E-state index in [1.165, 1.54) is 87.9 Å². The summed E-state index contributed by atoms with van der Waals surface area (Å²) in [4.78, 5) is 0. The maximum Gasteiger partial charge on any atom is 0.0542 e. The van der Waals surface area contributed by atoms with Crippen molar-refractivity contribution < 1.29 is 0 Å². The fourth-order valence-electron chi connectivity index (χ4n) is 8.46. The second-order valence-corrected chi connectivity index (χ2v) is 13.4. The highest BCUT2D eigenvalue weighted by atomic mass is 15.0. The summed E-state index contributed by atoms with van der Waals surface area (Å²) in [6.45, 7) is 0. The van der Waals surface area contributed by atoms with Gasteiger partial charge in [-0.1, -0.05) is 121 Å². The molecule has 0 bridgehead atoms. The molecule has 0 spiro atoms. The fraction of sp³-hybridized carbons (Fsp3) is 0. The first-order valence-electron chi connectivity index (χ1n) is 17.5. The molecule has 8 aromatic carbocycles. The van der Waals surface area contributed by atoms with E-state index in [0.717, 1.165) is 5.69 Å². The number of para-hydroxylation sites is 6. The first-order valence-corrected chi connectivity index (χ1v) is 17.5. The van der Waals surface area contributed by atoms with Crippen molar-refractivity contribution in [1.29, 1.82) is 0 Å². The molecule has 0 atom stereocenters. The monoisotopic (exact) mass is 649 g/mol. The summed E-state index contributed by atoms with van der Waals surface area (Å²) in [6, 6.07) is 68.4. The third-order valence-electron chi connectivity index (χ3n) is 10.7. The summed E-state index contributed by atoms with van der Waals surface area (Å²) in [5.74, 6) is 0. The Hall–Kier alpha value is -6.84. The average Bonchev–Trinajstić information content (AvgIpc) is 3.84. The average molecular weight is 650 g/mol. The predicted molar refractivity (Wildman–Crippen MR) is 215 cm³/mol. The molecule has 0 N–H and O–H groups in total. The van der Waals surface area contributed by atoms with E-state index in [-0.39, 0.29) is 0 Å². The maximum absolute atomic E-state index is 2.41. The van der Waals surface area contributed by atoms with E-state index in [1.54, 1.807) is 0 Å². The standard InChI is InChI=1S/C48H31N3/c1-7-19-42(51-46-23-11-4-16-38(46)39-17-5-12-24-47(39)51)35(13-1)32-25-27-33(28-26-32)49-45-22-10-6-18-40(45)41-31-34(29-30-48(41)49)50-43-20-8-2-14-36(43)37-15-3-9-21-44(37)50/h1-31H. The second kappa shape index (κ2) is 10.8. The highest BCUT2D eigenvalue weighted by molar-refractivity contribution is 6.13. The van der Waals surface area contributed by atoms with E-state index in [1.807, 2.05) is 0 Å². The first-order chi connectivity index (χ1) is 25.3. The minimum Gasteiger partial charge on any atom is -0.309 e. The molecule has 0 saturated heterocycles. The van der Waals surface area contributed by atoms with Crippen LogP contribution in [0.15, 0.2) is 188 Å². The van der Waals surface area contributed by atoms with Gasteiger partial charge >= 0.3 is 0 Å². The van der Waals surface area contributed by atoms with Gasteiger partial charge in [-0.05, 0) is 72.3 Å². The molecule has 0 saturated carbocycles. The van der Waals surface area contributed by atoms with Crippen molar-refractivity contribution in [2.75, 3.05) is 0 Å². The molecule has 0 amide bonds. The molecule has 238 valence electrons. The molecular formula is C48H31N3. The normalized spacial score (nSPS) is 11.9. The number of fused-ring (bicyclic) bond motifs is 9. The van der Waals surface area contributed by atoms with Gasteiger partial charge in [-0.15, -0.1) is 0 Å². The van der Waals surface area contributed by atoms with Crippen molar-refractivity contribution in [3.05, 3.63) is 188 Å². The third kappa shape index (κ3) is 4.06. The van der Waals surface area contributed by atoms with Gasteiger partial charge in [-0.2, -0.15) is 0 Å². The van der Waals surface area contributed by atoms with Crippen LogP contribution in [0, 0.1) is 0 Å². The van der Waals surface area contributed by atoms with Crippen LogP contribution in [0.25, 0.3) is 93.6 Å². The number of rotatable bonds is 4. The van der Waals surface area contributed by atoms with Gasteiger partial charge in [0.25, 0.3) is 0 Å². The molecule has 3 aromatic heterocycles. The Morgan fingerprint density at radius 3 is 1.16 bits per heavy atom. The van der Waals surface area contributed by atoms with E-state index in [0.29, 0.717) is 0 Å². The Balaban J connectivity index is 1.07. The molecule has 0 radical (unpaired) electrons. The first kappa shape index (κ1) is 28.0. The lowest BCUT2D eigenvalue weighted by molar-refractivity contribution is 1.16. The zero-order valence-electron chi connectivity index (χ0n) is 27.7. The van der Waals surface area contributed by atoms with E-state index >= 15 is 0 Å². The van der Waals surface area contributed by atoms with Gasteiger partial charge in [0.1, 0.15) is 0 Å². The van der Waals surface area contributed by atoms with E-state index in [9.17, 15) is 0 Å². The fourth-order valence-corrected chi connectivity index (χ4v) is 8.46. The van der Waals surface area contributed by atoms with Crippen LogP contribution in [-0.4, -0.2) is 13.7 Å². The Morgan fingerprint density at radius 2 is 0.627 bits per heavy atom. The molecular weight excluding hydrogens is 619 g/mol. The molecule has 51 heavy (non-hydrogen) atoms. The molecule has 3 heteroatoms. The molecule has 11 aromatic rings.